The molecule has 0 radical (unpaired) electrons. The average molecular weight is 146 g/mol. The molecule has 0 unspecified atom stereocenters. The van der Waals surface area contributed by atoms with Crippen LogP contribution in [0.15, 0.2) is 0 Å². The monoisotopic (exact) mass is 146 g/mol. The Bertz CT molecular complexity index is 74.3. The molecule has 0 amide bonds. The van der Waals surface area contributed by atoms with E-state index in [1.54, 1.807) is 0 Å². The summed E-state index contributed by atoms with van der Waals surface area (Å²) in [4.78, 5) is 9.74. The van der Waals surface area contributed by atoms with E-state index in [0.29, 0.717) is 0 Å². The molecule has 0 aliphatic rings. The first-order valence-electron chi connectivity index (χ1n) is 2.07. The van der Waals surface area contributed by atoms with Crippen LogP contribution in [-0.4, -0.2) is 45.6 Å². The molecule has 0 aromatic heterocycles. The van der Waals surface area contributed by atoms with Crippen molar-refractivity contribution in [3.05, 3.63) is 0 Å². The number of rotatable bonds is 3. The smallest absolute Gasteiger partial charge is 1.00 e. The van der Waals surface area contributed by atoms with Gasteiger partial charge >= 0.3 is 29.0 Å². The minimum Gasteiger partial charge on any atom is -1.00 e. The maximum Gasteiger partial charge on any atom is 2.00 e. The zero-order chi connectivity index (χ0) is 5.70. The summed E-state index contributed by atoms with van der Waals surface area (Å²) in [6.45, 7) is 1.94. The topological polar surface area (TPSA) is 37.3 Å². The van der Waals surface area contributed by atoms with Crippen LogP contribution in [0.1, 0.15) is 9.78 Å². The van der Waals surface area contributed by atoms with Gasteiger partial charge in [-0.3, -0.25) is 4.79 Å². The second-order valence-electron chi connectivity index (χ2n) is 1.03. The van der Waals surface area contributed by atoms with E-state index in [-0.39, 0.29) is 31.7 Å². The van der Waals surface area contributed by atoms with Gasteiger partial charge in [-0.2, -0.15) is 11.8 Å². The Kier molecular flexibility index (Phi) is 10.8. The molecular formula is C4H10MgO2S. The number of hydrogen-bond donors (Lipinski definition) is 1. The van der Waals surface area contributed by atoms with Crippen LogP contribution in [0.4, 0.5) is 0 Å². The van der Waals surface area contributed by atoms with Crippen molar-refractivity contribution in [1.82, 2.24) is 0 Å². The molecule has 0 aliphatic heterocycles. The normalized spacial score (nSPS) is 7.62. The van der Waals surface area contributed by atoms with Gasteiger partial charge in [-0.25, -0.2) is 0 Å². The van der Waals surface area contributed by atoms with Crippen LogP contribution in [0.2, 0.25) is 0 Å². The fourth-order valence-corrected chi connectivity index (χ4v) is 0.568. The molecule has 0 fully saturated rings. The van der Waals surface area contributed by atoms with Crippen molar-refractivity contribution < 1.29 is 12.8 Å². The Hall–Kier alpha value is 0.586. The van der Waals surface area contributed by atoms with Crippen molar-refractivity contribution in [2.24, 2.45) is 0 Å². The molecule has 0 atom stereocenters. The minimum atomic E-state index is -0.730. The third kappa shape index (κ3) is 9.77. The molecule has 0 saturated heterocycles. The van der Waals surface area contributed by atoms with Crippen LogP contribution in [0.5, 0.6) is 0 Å². The molecule has 0 aromatic carbocycles. The molecule has 0 saturated carbocycles. The average Bonchev–Trinajstić information content (AvgIpc) is 1.61. The third-order valence-electron chi connectivity index (χ3n) is 0.430. The van der Waals surface area contributed by atoms with E-state index in [2.05, 4.69) is 0 Å². The SMILES string of the molecule is CCSCC(=O)O.[H-].[H-].[Mg+2]. The molecule has 0 aliphatic carbocycles. The number of aliphatic carboxylic acids is 1. The Morgan fingerprint density at radius 2 is 2.38 bits per heavy atom. The first kappa shape index (κ1) is 11.4. The van der Waals surface area contributed by atoms with E-state index in [9.17, 15) is 4.79 Å². The number of hydrogen-bond acceptors (Lipinski definition) is 2. The number of carbonyl (C=O) groups is 1. The Balaban J connectivity index is -0.0000000600. The number of thioether (sulfide) groups is 1. The van der Waals surface area contributed by atoms with Crippen molar-refractivity contribution in [2.75, 3.05) is 11.5 Å². The maximum atomic E-state index is 9.74. The van der Waals surface area contributed by atoms with Crippen LogP contribution in [0.25, 0.3) is 0 Å². The molecular weight excluding hydrogens is 136 g/mol. The van der Waals surface area contributed by atoms with Gasteiger partial charge < -0.3 is 7.96 Å². The van der Waals surface area contributed by atoms with E-state index in [1.165, 1.54) is 11.8 Å². The molecule has 8 heavy (non-hydrogen) atoms. The molecule has 0 heterocycles. The van der Waals surface area contributed by atoms with Gasteiger partial charge in [0, 0.05) is 0 Å². The standard InChI is InChI=1S/C4H8O2S.Mg.2H/c1-2-7-3-4(5)6;;;/h2-3H2,1H3,(H,5,6);;;/q;+2;2*-1. The summed E-state index contributed by atoms with van der Waals surface area (Å²) in [6, 6.07) is 0. The summed E-state index contributed by atoms with van der Waals surface area (Å²) in [6.07, 6.45) is 0. The zero-order valence-corrected chi connectivity index (χ0v) is 7.12. The molecule has 0 spiro atoms. The van der Waals surface area contributed by atoms with Crippen LogP contribution in [0, 0.1) is 0 Å². The van der Waals surface area contributed by atoms with Crippen molar-refractivity contribution in [2.45, 2.75) is 6.92 Å². The van der Waals surface area contributed by atoms with Crippen LogP contribution < -0.4 is 0 Å². The second-order valence-corrected chi connectivity index (χ2v) is 2.31. The zero-order valence-electron chi connectivity index (χ0n) is 6.89. The first-order valence-corrected chi connectivity index (χ1v) is 3.22. The maximum absolute atomic E-state index is 9.74. The summed E-state index contributed by atoms with van der Waals surface area (Å²) in [5.74, 6) is 0.384. The van der Waals surface area contributed by atoms with Crippen molar-refractivity contribution in [3.8, 4) is 0 Å². The van der Waals surface area contributed by atoms with Crippen molar-refractivity contribution >= 4 is 40.8 Å². The van der Waals surface area contributed by atoms with Gasteiger partial charge in [0.2, 0.25) is 0 Å². The molecule has 2 nitrogen and oxygen atoms in total. The van der Waals surface area contributed by atoms with Gasteiger partial charge in [-0.05, 0) is 5.75 Å². The largest absolute Gasteiger partial charge is 2.00 e. The molecule has 1 N–H and O–H groups in total. The number of carboxylic acids is 1. The summed E-state index contributed by atoms with van der Waals surface area (Å²) < 4.78 is 0. The van der Waals surface area contributed by atoms with Crippen molar-refractivity contribution in [1.29, 1.82) is 0 Å². The van der Waals surface area contributed by atoms with E-state index in [0.717, 1.165) is 5.75 Å². The van der Waals surface area contributed by atoms with Gasteiger partial charge in [0.05, 0.1) is 5.75 Å². The summed E-state index contributed by atoms with van der Waals surface area (Å²) in [5.41, 5.74) is 0. The fourth-order valence-electron chi connectivity index (χ4n) is 0.189. The summed E-state index contributed by atoms with van der Waals surface area (Å²) in [7, 11) is 0. The summed E-state index contributed by atoms with van der Waals surface area (Å²) >= 11 is 1.42. The van der Waals surface area contributed by atoms with E-state index >= 15 is 0 Å². The molecule has 0 bridgehead atoms. The predicted molar refractivity (Wildman–Crippen MR) is 38.6 cm³/mol. The molecule has 0 aromatic rings. The molecule has 4 heteroatoms. The van der Waals surface area contributed by atoms with Crippen LogP contribution in [-0.2, 0) is 4.79 Å². The number of carboxylic acid groups (broad SMARTS) is 1. The molecule has 46 valence electrons. The first-order chi connectivity index (χ1) is 3.27. The fraction of sp³-hybridized carbons (Fsp3) is 0.750. The molecule has 0 rings (SSSR count). The van der Waals surface area contributed by atoms with Crippen molar-refractivity contribution in [3.63, 3.8) is 0 Å². The Labute approximate surface area is 72.2 Å². The third-order valence-corrected chi connectivity index (χ3v) is 1.29. The van der Waals surface area contributed by atoms with Crippen LogP contribution >= 0.6 is 11.8 Å². The van der Waals surface area contributed by atoms with Gasteiger partial charge in [-0.15, -0.1) is 0 Å². The second kappa shape index (κ2) is 7.59. The van der Waals surface area contributed by atoms with Crippen LogP contribution in [0.3, 0.4) is 0 Å². The predicted octanol–water partition coefficient (Wildman–Crippen LogP) is 0.668. The van der Waals surface area contributed by atoms with Gasteiger partial charge in [0.25, 0.3) is 0 Å². The Morgan fingerprint density at radius 1 is 1.88 bits per heavy atom. The van der Waals surface area contributed by atoms with E-state index in [1.807, 2.05) is 6.92 Å². The quantitative estimate of drug-likeness (QED) is 0.595. The van der Waals surface area contributed by atoms with Gasteiger partial charge in [0.1, 0.15) is 0 Å². The van der Waals surface area contributed by atoms with Gasteiger partial charge in [-0.1, -0.05) is 6.92 Å². The minimum absolute atomic E-state index is 0. The van der Waals surface area contributed by atoms with E-state index in [4.69, 9.17) is 5.11 Å². The Morgan fingerprint density at radius 3 is 2.50 bits per heavy atom. The summed E-state index contributed by atoms with van der Waals surface area (Å²) in [5, 5.41) is 8.02. The van der Waals surface area contributed by atoms with E-state index < -0.39 is 5.97 Å². The van der Waals surface area contributed by atoms with Gasteiger partial charge in [0.15, 0.2) is 0 Å².